The van der Waals surface area contributed by atoms with E-state index in [1.165, 1.54) is 0 Å². The zero-order chi connectivity index (χ0) is 9.68. The van der Waals surface area contributed by atoms with Crippen LogP contribution in [0.25, 0.3) is 0 Å². The monoisotopic (exact) mass is 258 g/mol. The van der Waals surface area contributed by atoms with Gasteiger partial charge >= 0.3 is 0 Å². The molecule has 0 fully saturated rings. The highest BCUT2D eigenvalue weighted by Crippen LogP contribution is 2.17. The van der Waals surface area contributed by atoms with Crippen LogP contribution in [0.1, 0.15) is 12.0 Å². The minimum Gasteiger partial charge on any atom is -0.330 e. The molecule has 4 heteroatoms. The van der Waals surface area contributed by atoms with Crippen molar-refractivity contribution in [2.75, 3.05) is 6.54 Å². The number of halogens is 2. The van der Waals surface area contributed by atoms with Gasteiger partial charge in [-0.3, -0.25) is 0 Å². The lowest BCUT2D eigenvalue weighted by molar-refractivity contribution is 1.03. The van der Waals surface area contributed by atoms with Crippen molar-refractivity contribution >= 4 is 27.5 Å². The van der Waals surface area contributed by atoms with Crippen LogP contribution in [0.15, 0.2) is 16.7 Å². The molecule has 0 aliphatic heterocycles. The highest BCUT2D eigenvalue weighted by Gasteiger charge is 1.97. The van der Waals surface area contributed by atoms with Gasteiger partial charge in [-0.25, -0.2) is 4.98 Å². The number of nitrogens with zero attached hydrogens (tertiary/aromatic N) is 1. The van der Waals surface area contributed by atoms with Gasteiger partial charge in [-0.15, -0.1) is 0 Å². The molecule has 0 saturated heterocycles. The Bertz CT molecular complexity index is 354. The quantitative estimate of drug-likeness (QED) is 0.620. The van der Waals surface area contributed by atoms with E-state index in [-0.39, 0.29) is 0 Å². The Hall–Kier alpha value is -0.560. The topological polar surface area (TPSA) is 38.9 Å². The van der Waals surface area contributed by atoms with E-state index in [0.29, 0.717) is 18.1 Å². The number of nitrogens with two attached hydrogens (primary N) is 1. The zero-order valence-electron chi connectivity index (χ0n) is 6.85. The Morgan fingerprint density at radius 2 is 2.38 bits per heavy atom. The molecule has 0 radical (unpaired) electrons. The maximum atomic E-state index is 5.71. The summed E-state index contributed by atoms with van der Waals surface area (Å²) in [4.78, 5) is 3.89. The van der Waals surface area contributed by atoms with Gasteiger partial charge in [-0.05, 0) is 22.0 Å². The lowest BCUT2D eigenvalue weighted by Crippen LogP contribution is -1.95. The van der Waals surface area contributed by atoms with E-state index in [2.05, 4.69) is 32.8 Å². The van der Waals surface area contributed by atoms with E-state index in [4.69, 9.17) is 17.3 Å². The first-order valence-electron chi connectivity index (χ1n) is 3.74. The fourth-order valence-corrected chi connectivity index (χ4v) is 1.21. The Labute approximate surface area is 90.6 Å². The smallest absolute Gasteiger partial charge is 0.130 e. The molecule has 0 aliphatic rings. The second-order valence-corrected chi connectivity index (χ2v) is 3.57. The number of rotatable bonds is 1. The minimum atomic E-state index is 0.445. The number of hydrogen-bond acceptors (Lipinski definition) is 2. The fourth-order valence-electron chi connectivity index (χ4n) is 0.739. The summed E-state index contributed by atoms with van der Waals surface area (Å²) in [5, 5.41) is 0.445. The first-order chi connectivity index (χ1) is 6.24. The normalized spacial score (nSPS) is 9.15. The summed E-state index contributed by atoms with van der Waals surface area (Å²) in [7, 11) is 0. The van der Waals surface area contributed by atoms with E-state index in [9.17, 15) is 0 Å². The van der Waals surface area contributed by atoms with Crippen LogP contribution in [-0.2, 0) is 0 Å². The van der Waals surface area contributed by atoms with Gasteiger partial charge in [0.05, 0.1) is 4.47 Å². The zero-order valence-corrected chi connectivity index (χ0v) is 9.19. The van der Waals surface area contributed by atoms with Gasteiger partial charge in [-0.1, -0.05) is 23.4 Å². The molecule has 1 rings (SSSR count). The summed E-state index contributed by atoms with van der Waals surface area (Å²) in [6.07, 6.45) is 2.32. The van der Waals surface area contributed by atoms with Crippen LogP contribution in [-0.4, -0.2) is 11.5 Å². The first-order valence-corrected chi connectivity index (χ1v) is 4.91. The predicted octanol–water partition coefficient (Wildman–Crippen LogP) is 2.20. The third-order valence-electron chi connectivity index (χ3n) is 1.31. The third kappa shape index (κ3) is 3.35. The number of aromatic nitrogens is 1. The summed E-state index contributed by atoms with van der Waals surface area (Å²) >= 11 is 9.03. The molecule has 13 heavy (non-hydrogen) atoms. The van der Waals surface area contributed by atoms with Gasteiger partial charge in [0.1, 0.15) is 5.15 Å². The average Bonchev–Trinajstić information content (AvgIpc) is 2.11. The van der Waals surface area contributed by atoms with Crippen LogP contribution in [0.5, 0.6) is 0 Å². The maximum Gasteiger partial charge on any atom is 0.130 e. The average molecular weight is 260 g/mol. The molecule has 0 saturated carbocycles. The van der Waals surface area contributed by atoms with E-state index in [1.807, 2.05) is 0 Å². The van der Waals surface area contributed by atoms with Gasteiger partial charge in [-0.2, -0.15) is 0 Å². The summed E-state index contributed by atoms with van der Waals surface area (Å²) < 4.78 is 0.849. The van der Waals surface area contributed by atoms with Crippen LogP contribution in [0, 0.1) is 11.8 Å². The lowest BCUT2D eigenvalue weighted by Gasteiger charge is -1.94. The highest BCUT2D eigenvalue weighted by atomic mass is 79.9. The van der Waals surface area contributed by atoms with Crippen LogP contribution >= 0.6 is 27.5 Å². The SMILES string of the molecule is NCCC#Cc1cc(Cl)ncc1Br. The highest BCUT2D eigenvalue weighted by molar-refractivity contribution is 9.10. The molecule has 0 spiro atoms. The van der Waals surface area contributed by atoms with Crippen molar-refractivity contribution in [2.24, 2.45) is 5.73 Å². The molecule has 2 nitrogen and oxygen atoms in total. The van der Waals surface area contributed by atoms with Crippen molar-refractivity contribution < 1.29 is 0 Å². The number of pyridine rings is 1. The van der Waals surface area contributed by atoms with E-state index in [1.54, 1.807) is 12.3 Å². The van der Waals surface area contributed by atoms with Gasteiger partial charge in [0.2, 0.25) is 0 Å². The summed E-state index contributed by atoms with van der Waals surface area (Å²) in [6.45, 7) is 0.573. The largest absolute Gasteiger partial charge is 0.330 e. The molecule has 1 aromatic rings. The van der Waals surface area contributed by atoms with Crippen LogP contribution < -0.4 is 5.73 Å². The molecule has 0 atom stereocenters. The van der Waals surface area contributed by atoms with Crippen molar-refractivity contribution in [1.82, 2.24) is 4.98 Å². The van der Waals surface area contributed by atoms with Crippen molar-refractivity contribution in [1.29, 1.82) is 0 Å². The number of hydrogen-bond donors (Lipinski definition) is 1. The van der Waals surface area contributed by atoms with Crippen molar-refractivity contribution in [3.8, 4) is 11.8 Å². The molecule has 0 bridgehead atoms. The molecule has 0 aliphatic carbocycles. The Morgan fingerprint density at radius 3 is 3.08 bits per heavy atom. The Balaban J connectivity index is 2.89. The van der Waals surface area contributed by atoms with Crippen LogP contribution in [0.2, 0.25) is 5.15 Å². The second-order valence-electron chi connectivity index (χ2n) is 2.33. The van der Waals surface area contributed by atoms with Crippen molar-refractivity contribution in [3.05, 3.63) is 27.5 Å². The Kier molecular flexibility index (Phi) is 4.23. The van der Waals surface area contributed by atoms with Crippen molar-refractivity contribution in [2.45, 2.75) is 6.42 Å². The molecular formula is C9H8BrClN2. The molecular weight excluding hydrogens is 251 g/mol. The molecule has 1 aromatic heterocycles. The molecule has 0 unspecified atom stereocenters. The first kappa shape index (κ1) is 10.5. The van der Waals surface area contributed by atoms with E-state index < -0.39 is 0 Å². The lowest BCUT2D eigenvalue weighted by atomic mass is 10.2. The van der Waals surface area contributed by atoms with E-state index >= 15 is 0 Å². The van der Waals surface area contributed by atoms with Gasteiger partial charge in [0.25, 0.3) is 0 Å². The summed E-state index contributed by atoms with van der Waals surface area (Å²) in [5.74, 6) is 5.88. The minimum absolute atomic E-state index is 0.445. The molecule has 0 amide bonds. The third-order valence-corrected chi connectivity index (χ3v) is 2.15. The Morgan fingerprint density at radius 1 is 1.62 bits per heavy atom. The molecule has 0 aromatic carbocycles. The molecule has 1 heterocycles. The van der Waals surface area contributed by atoms with Crippen LogP contribution in [0.4, 0.5) is 0 Å². The van der Waals surface area contributed by atoms with Gasteiger partial charge in [0, 0.05) is 24.7 Å². The van der Waals surface area contributed by atoms with E-state index in [0.717, 1.165) is 10.0 Å². The summed E-state index contributed by atoms with van der Waals surface area (Å²) in [5.41, 5.74) is 6.15. The second kappa shape index (κ2) is 5.23. The van der Waals surface area contributed by atoms with Crippen LogP contribution in [0.3, 0.4) is 0 Å². The fraction of sp³-hybridized carbons (Fsp3) is 0.222. The van der Waals surface area contributed by atoms with Crippen molar-refractivity contribution in [3.63, 3.8) is 0 Å². The molecule has 68 valence electrons. The molecule has 2 N–H and O–H groups in total. The standard InChI is InChI=1S/C9H8BrClN2/c10-8-6-13-9(11)5-7(8)3-1-2-4-12/h5-6H,2,4,12H2. The van der Waals surface area contributed by atoms with Gasteiger partial charge < -0.3 is 5.73 Å². The maximum absolute atomic E-state index is 5.71. The predicted molar refractivity (Wildman–Crippen MR) is 57.5 cm³/mol. The summed E-state index contributed by atoms with van der Waals surface area (Å²) in [6, 6.07) is 1.72. The van der Waals surface area contributed by atoms with Gasteiger partial charge in [0.15, 0.2) is 0 Å².